The van der Waals surface area contributed by atoms with Crippen molar-refractivity contribution in [2.75, 3.05) is 26.7 Å². The molecule has 1 aliphatic heterocycles. The Morgan fingerprint density at radius 3 is 2.87 bits per heavy atom. The van der Waals surface area contributed by atoms with E-state index in [1.165, 1.54) is 12.0 Å². The van der Waals surface area contributed by atoms with Crippen molar-refractivity contribution in [3.63, 3.8) is 0 Å². The zero-order chi connectivity index (χ0) is 16.5. The molecular formula is C19H31N3O. The van der Waals surface area contributed by atoms with Gasteiger partial charge < -0.3 is 10.6 Å². The molecule has 0 spiro atoms. The maximum Gasteiger partial charge on any atom is 0.220 e. The Morgan fingerprint density at radius 2 is 2.17 bits per heavy atom. The molecule has 0 radical (unpaired) electrons. The fourth-order valence-corrected chi connectivity index (χ4v) is 3.05. The molecule has 2 atom stereocenters. The summed E-state index contributed by atoms with van der Waals surface area (Å²) < 4.78 is 0. The molecule has 4 heteroatoms. The van der Waals surface area contributed by atoms with Gasteiger partial charge in [-0.05, 0) is 57.8 Å². The molecule has 1 saturated heterocycles. The summed E-state index contributed by atoms with van der Waals surface area (Å²) in [6.45, 7) is 6.12. The minimum Gasteiger partial charge on any atom is -0.356 e. The highest BCUT2D eigenvalue weighted by Crippen LogP contribution is 2.14. The summed E-state index contributed by atoms with van der Waals surface area (Å²) in [5.41, 5.74) is 1.33. The lowest BCUT2D eigenvalue weighted by Gasteiger charge is -2.25. The van der Waals surface area contributed by atoms with Gasteiger partial charge in [-0.3, -0.25) is 9.69 Å². The van der Waals surface area contributed by atoms with Gasteiger partial charge in [-0.25, -0.2) is 0 Å². The maximum atomic E-state index is 11.9. The Labute approximate surface area is 140 Å². The van der Waals surface area contributed by atoms with Crippen LogP contribution in [-0.2, 0) is 11.3 Å². The van der Waals surface area contributed by atoms with Gasteiger partial charge >= 0.3 is 0 Å². The SMILES string of the molecule is CC(CCNC(=O)CCC1CCNC1)N(C)Cc1ccccc1. The number of benzene rings is 1. The summed E-state index contributed by atoms with van der Waals surface area (Å²) in [5.74, 6) is 0.895. The van der Waals surface area contributed by atoms with E-state index in [4.69, 9.17) is 0 Å². The molecule has 2 unspecified atom stereocenters. The molecule has 1 heterocycles. The Kier molecular flexibility index (Phi) is 7.56. The molecular weight excluding hydrogens is 286 g/mol. The van der Waals surface area contributed by atoms with Crippen LogP contribution in [0.15, 0.2) is 30.3 Å². The first-order chi connectivity index (χ1) is 11.1. The van der Waals surface area contributed by atoms with Crippen LogP contribution in [0.5, 0.6) is 0 Å². The third-order valence-electron chi connectivity index (χ3n) is 4.85. The molecule has 1 aromatic carbocycles. The quantitative estimate of drug-likeness (QED) is 0.735. The van der Waals surface area contributed by atoms with Crippen LogP contribution < -0.4 is 10.6 Å². The first-order valence-corrected chi connectivity index (χ1v) is 8.86. The zero-order valence-corrected chi connectivity index (χ0v) is 14.6. The van der Waals surface area contributed by atoms with Gasteiger partial charge in [0.25, 0.3) is 0 Å². The van der Waals surface area contributed by atoms with E-state index in [9.17, 15) is 4.79 Å². The minimum atomic E-state index is 0.204. The average Bonchev–Trinajstić information content (AvgIpc) is 3.07. The van der Waals surface area contributed by atoms with E-state index in [0.29, 0.717) is 18.4 Å². The fourth-order valence-electron chi connectivity index (χ4n) is 3.05. The first-order valence-electron chi connectivity index (χ1n) is 8.86. The second-order valence-corrected chi connectivity index (χ2v) is 6.79. The lowest BCUT2D eigenvalue weighted by molar-refractivity contribution is -0.121. The van der Waals surface area contributed by atoms with E-state index in [1.807, 2.05) is 6.07 Å². The van der Waals surface area contributed by atoms with Crippen molar-refractivity contribution in [1.29, 1.82) is 0 Å². The van der Waals surface area contributed by atoms with E-state index in [2.05, 4.69) is 53.8 Å². The molecule has 0 aromatic heterocycles. The van der Waals surface area contributed by atoms with Crippen molar-refractivity contribution in [2.24, 2.45) is 5.92 Å². The van der Waals surface area contributed by atoms with Crippen LogP contribution in [0.4, 0.5) is 0 Å². The molecule has 1 amide bonds. The monoisotopic (exact) mass is 317 g/mol. The molecule has 0 aliphatic carbocycles. The second kappa shape index (κ2) is 9.68. The average molecular weight is 317 g/mol. The Morgan fingerprint density at radius 1 is 1.39 bits per heavy atom. The van der Waals surface area contributed by atoms with Gasteiger partial charge in [-0.15, -0.1) is 0 Å². The molecule has 4 nitrogen and oxygen atoms in total. The maximum absolute atomic E-state index is 11.9. The van der Waals surface area contributed by atoms with Crippen molar-refractivity contribution in [1.82, 2.24) is 15.5 Å². The van der Waals surface area contributed by atoms with Gasteiger partial charge in [0.2, 0.25) is 5.91 Å². The van der Waals surface area contributed by atoms with Crippen LogP contribution in [0.3, 0.4) is 0 Å². The standard InChI is InChI=1S/C19H31N3O/c1-16(22(2)15-18-6-4-3-5-7-18)10-13-21-19(23)9-8-17-11-12-20-14-17/h3-7,16-17,20H,8-15H2,1-2H3,(H,21,23). The number of amides is 1. The van der Waals surface area contributed by atoms with Crippen LogP contribution >= 0.6 is 0 Å². The summed E-state index contributed by atoms with van der Waals surface area (Å²) in [5, 5.41) is 6.42. The molecule has 2 N–H and O–H groups in total. The fraction of sp³-hybridized carbons (Fsp3) is 0.632. The summed E-state index contributed by atoms with van der Waals surface area (Å²) in [6, 6.07) is 11.0. The highest BCUT2D eigenvalue weighted by atomic mass is 16.1. The zero-order valence-electron chi connectivity index (χ0n) is 14.6. The van der Waals surface area contributed by atoms with Crippen molar-refractivity contribution < 1.29 is 4.79 Å². The lowest BCUT2D eigenvalue weighted by Crippen LogP contribution is -2.33. The summed E-state index contributed by atoms with van der Waals surface area (Å²) >= 11 is 0. The van der Waals surface area contributed by atoms with Crippen molar-refractivity contribution in [3.05, 3.63) is 35.9 Å². The lowest BCUT2D eigenvalue weighted by atomic mass is 10.0. The summed E-state index contributed by atoms with van der Waals surface area (Å²) in [6.07, 6.45) is 3.89. The van der Waals surface area contributed by atoms with Gasteiger partial charge in [0.05, 0.1) is 0 Å². The van der Waals surface area contributed by atoms with Crippen molar-refractivity contribution in [3.8, 4) is 0 Å². The van der Waals surface area contributed by atoms with E-state index in [0.717, 1.165) is 39.0 Å². The molecule has 1 aromatic rings. The number of carbonyl (C=O) groups is 1. The van der Waals surface area contributed by atoms with E-state index >= 15 is 0 Å². The molecule has 2 rings (SSSR count). The van der Waals surface area contributed by atoms with E-state index in [-0.39, 0.29) is 5.91 Å². The molecule has 128 valence electrons. The van der Waals surface area contributed by atoms with Crippen molar-refractivity contribution >= 4 is 5.91 Å². The molecule has 1 aliphatic rings. The van der Waals surface area contributed by atoms with Crippen molar-refractivity contribution in [2.45, 2.75) is 45.2 Å². The minimum absolute atomic E-state index is 0.204. The number of carbonyl (C=O) groups excluding carboxylic acids is 1. The number of rotatable bonds is 9. The van der Waals surface area contributed by atoms with Crippen LogP contribution in [0.25, 0.3) is 0 Å². The molecule has 1 fully saturated rings. The smallest absolute Gasteiger partial charge is 0.220 e. The molecule has 0 saturated carbocycles. The number of hydrogen-bond acceptors (Lipinski definition) is 3. The van der Waals surface area contributed by atoms with Gasteiger partial charge in [0, 0.05) is 25.6 Å². The second-order valence-electron chi connectivity index (χ2n) is 6.79. The van der Waals surface area contributed by atoms with Crippen LogP contribution in [-0.4, -0.2) is 43.5 Å². The van der Waals surface area contributed by atoms with Crippen LogP contribution in [0.2, 0.25) is 0 Å². The number of hydrogen-bond donors (Lipinski definition) is 2. The highest BCUT2D eigenvalue weighted by Gasteiger charge is 2.16. The molecule has 0 bridgehead atoms. The van der Waals surface area contributed by atoms with Crippen LogP contribution in [0.1, 0.15) is 38.2 Å². The van der Waals surface area contributed by atoms with Crippen LogP contribution in [0, 0.1) is 5.92 Å². The highest BCUT2D eigenvalue weighted by molar-refractivity contribution is 5.75. The summed E-state index contributed by atoms with van der Waals surface area (Å²) in [7, 11) is 2.15. The normalized spacial score (nSPS) is 19.0. The van der Waals surface area contributed by atoms with E-state index in [1.54, 1.807) is 0 Å². The largest absolute Gasteiger partial charge is 0.356 e. The molecule has 23 heavy (non-hydrogen) atoms. The third-order valence-corrected chi connectivity index (χ3v) is 4.85. The topological polar surface area (TPSA) is 44.4 Å². The van der Waals surface area contributed by atoms with Gasteiger partial charge in [-0.2, -0.15) is 0 Å². The predicted octanol–water partition coefficient (Wildman–Crippen LogP) is 2.40. The Bertz CT molecular complexity index is 457. The first kappa shape index (κ1) is 18.0. The van der Waals surface area contributed by atoms with Gasteiger partial charge in [0.15, 0.2) is 0 Å². The van der Waals surface area contributed by atoms with E-state index < -0.39 is 0 Å². The summed E-state index contributed by atoms with van der Waals surface area (Å²) in [4.78, 5) is 14.2. The van der Waals surface area contributed by atoms with Gasteiger partial charge in [-0.1, -0.05) is 30.3 Å². The third kappa shape index (κ3) is 6.71. The van der Waals surface area contributed by atoms with Gasteiger partial charge in [0.1, 0.15) is 0 Å². The Balaban J connectivity index is 1.58. The Hall–Kier alpha value is -1.39. The predicted molar refractivity (Wildman–Crippen MR) is 95.2 cm³/mol. The number of nitrogens with zero attached hydrogens (tertiary/aromatic N) is 1. The number of nitrogens with one attached hydrogen (secondary N) is 2.